The van der Waals surface area contributed by atoms with Gasteiger partial charge >= 0.3 is 5.97 Å². The van der Waals surface area contributed by atoms with Gasteiger partial charge in [0.05, 0.1) is 4.90 Å². The van der Waals surface area contributed by atoms with Crippen LogP contribution in [-0.4, -0.2) is 29.8 Å². The first-order chi connectivity index (χ1) is 13.5. The van der Waals surface area contributed by atoms with Crippen molar-refractivity contribution in [3.8, 4) is 11.1 Å². The van der Waals surface area contributed by atoms with Gasteiger partial charge in [0, 0.05) is 13.0 Å². The van der Waals surface area contributed by atoms with Gasteiger partial charge in [-0.2, -0.15) is 4.31 Å². The molecule has 5 nitrogen and oxygen atoms in total. The second-order valence-corrected chi connectivity index (χ2v) is 8.66. The van der Waals surface area contributed by atoms with Gasteiger partial charge in [0.1, 0.15) is 6.04 Å². The molecule has 6 heteroatoms. The number of aliphatic carboxylic acids is 1. The predicted octanol–water partition coefficient (Wildman–Crippen LogP) is 3.55. The number of carboxylic acid groups (broad SMARTS) is 1. The highest BCUT2D eigenvalue weighted by molar-refractivity contribution is 7.89. The van der Waals surface area contributed by atoms with Gasteiger partial charge < -0.3 is 5.11 Å². The molecule has 0 spiro atoms. The zero-order chi connectivity index (χ0) is 19.7. The van der Waals surface area contributed by atoms with E-state index in [0.717, 1.165) is 26.6 Å². The number of hydrogen-bond donors (Lipinski definition) is 1. The van der Waals surface area contributed by atoms with Crippen molar-refractivity contribution in [3.05, 3.63) is 90.0 Å². The van der Waals surface area contributed by atoms with Crippen LogP contribution in [0, 0.1) is 0 Å². The average Bonchev–Trinajstić information content (AvgIpc) is 2.73. The van der Waals surface area contributed by atoms with Crippen LogP contribution in [0.15, 0.2) is 83.8 Å². The lowest BCUT2D eigenvalue weighted by Gasteiger charge is -2.33. The third-order valence-corrected chi connectivity index (χ3v) is 6.93. The highest BCUT2D eigenvalue weighted by Gasteiger charge is 2.39. The Morgan fingerprint density at radius 1 is 0.821 bits per heavy atom. The minimum atomic E-state index is -3.95. The summed E-state index contributed by atoms with van der Waals surface area (Å²) in [7, 11) is -3.95. The van der Waals surface area contributed by atoms with E-state index in [0.29, 0.717) is 0 Å². The third-order valence-electron chi connectivity index (χ3n) is 5.06. The van der Waals surface area contributed by atoms with E-state index in [1.165, 1.54) is 12.1 Å². The summed E-state index contributed by atoms with van der Waals surface area (Å²) in [6.45, 7) is 0.0515. The molecule has 142 valence electrons. The van der Waals surface area contributed by atoms with Gasteiger partial charge in [-0.3, -0.25) is 4.79 Å². The molecule has 1 aliphatic heterocycles. The Labute approximate surface area is 163 Å². The Morgan fingerprint density at radius 2 is 1.39 bits per heavy atom. The maximum atomic E-state index is 13.2. The molecule has 4 rings (SSSR count). The molecule has 0 amide bonds. The number of rotatable bonds is 4. The molecule has 0 aromatic heterocycles. The SMILES string of the molecule is O=C(O)[C@H]1Cc2ccccc2CN1S(=O)(=O)c1ccc(-c2ccccc2)cc1. The van der Waals surface area contributed by atoms with E-state index < -0.39 is 22.0 Å². The summed E-state index contributed by atoms with van der Waals surface area (Å²) in [5.74, 6) is -1.14. The first-order valence-corrected chi connectivity index (χ1v) is 10.4. The summed E-state index contributed by atoms with van der Waals surface area (Å²) in [5.41, 5.74) is 3.60. The van der Waals surface area contributed by atoms with E-state index >= 15 is 0 Å². The zero-order valence-electron chi connectivity index (χ0n) is 15.0. The van der Waals surface area contributed by atoms with Gasteiger partial charge in [0.15, 0.2) is 0 Å². The fraction of sp³-hybridized carbons (Fsp3) is 0.136. The van der Waals surface area contributed by atoms with E-state index in [-0.39, 0.29) is 17.9 Å². The maximum Gasteiger partial charge on any atom is 0.322 e. The van der Waals surface area contributed by atoms with Crippen molar-refractivity contribution in [2.75, 3.05) is 0 Å². The molecule has 0 bridgehead atoms. The van der Waals surface area contributed by atoms with Crippen LogP contribution in [0.1, 0.15) is 11.1 Å². The zero-order valence-corrected chi connectivity index (χ0v) is 15.8. The Morgan fingerprint density at radius 3 is 2.04 bits per heavy atom. The van der Waals surface area contributed by atoms with Crippen molar-refractivity contribution in [1.29, 1.82) is 0 Å². The predicted molar refractivity (Wildman–Crippen MR) is 106 cm³/mol. The Kier molecular flexibility index (Phi) is 4.75. The number of nitrogens with zero attached hydrogens (tertiary/aromatic N) is 1. The standard InChI is InChI=1S/C22H19NO4S/c24-22(25)21-14-18-8-4-5-9-19(18)15-23(21)28(26,27)20-12-10-17(11-13-20)16-6-2-1-3-7-16/h1-13,21H,14-15H2,(H,24,25)/t21-/m1/s1. The van der Waals surface area contributed by atoms with E-state index in [1.807, 2.05) is 54.6 Å². The monoisotopic (exact) mass is 393 g/mol. The Hall–Kier alpha value is -2.96. The van der Waals surface area contributed by atoms with E-state index in [9.17, 15) is 18.3 Å². The molecule has 0 unspecified atom stereocenters. The molecular formula is C22H19NO4S. The molecule has 1 aliphatic rings. The largest absolute Gasteiger partial charge is 0.480 e. The normalized spacial score (nSPS) is 17.1. The molecule has 28 heavy (non-hydrogen) atoms. The third kappa shape index (κ3) is 3.32. The van der Waals surface area contributed by atoms with Gasteiger partial charge in [-0.05, 0) is 34.4 Å². The van der Waals surface area contributed by atoms with Crippen LogP contribution in [0.25, 0.3) is 11.1 Å². The summed E-state index contributed by atoms with van der Waals surface area (Å²) in [6.07, 6.45) is 0.160. The van der Waals surface area contributed by atoms with Gasteiger partial charge in [0.2, 0.25) is 10.0 Å². The number of carbonyl (C=O) groups is 1. The van der Waals surface area contributed by atoms with Crippen LogP contribution in [0.4, 0.5) is 0 Å². The second-order valence-electron chi connectivity index (χ2n) is 6.77. The quantitative estimate of drug-likeness (QED) is 0.736. The Bertz CT molecular complexity index is 1110. The fourth-order valence-corrected chi connectivity index (χ4v) is 5.11. The summed E-state index contributed by atoms with van der Waals surface area (Å²) in [5, 5.41) is 9.63. The minimum absolute atomic E-state index is 0.0515. The first kappa shape index (κ1) is 18.4. The number of benzene rings is 3. The Balaban J connectivity index is 1.70. The van der Waals surface area contributed by atoms with Crippen LogP contribution in [-0.2, 0) is 27.8 Å². The molecule has 1 heterocycles. The molecule has 0 saturated carbocycles. The van der Waals surface area contributed by atoms with Crippen molar-refractivity contribution in [2.45, 2.75) is 23.9 Å². The van der Waals surface area contributed by atoms with Crippen molar-refractivity contribution < 1.29 is 18.3 Å². The lowest BCUT2D eigenvalue weighted by molar-refractivity contribution is -0.141. The van der Waals surface area contributed by atoms with E-state index in [1.54, 1.807) is 12.1 Å². The van der Waals surface area contributed by atoms with Crippen molar-refractivity contribution in [1.82, 2.24) is 4.31 Å². The molecule has 0 radical (unpaired) electrons. The summed E-state index contributed by atoms with van der Waals surface area (Å²) in [6, 6.07) is 22.5. The van der Waals surface area contributed by atoms with Crippen LogP contribution in [0.2, 0.25) is 0 Å². The van der Waals surface area contributed by atoms with Gasteiger partial charge in [0.25, 0.3) is 0 Å². The van der Waals surface area contributed by atoms with Gasteiger partial charge in [-0.25, -0.2) is 8.42 Å². The van der Waals surface area contributed by atoms with Crippen molar-refractivity contribution in [3.63, 3.8) is 0 Å². The molecule has 3 aromatic carbocycles. The summed E-state index contributed by atoms with van der Waals surface area (Å²) in [4.78, 5) is 11.9. The highest BCUT2D eigenvalue weighted by atomic mass is 32.2. The fourth-order valence-electron chi connectivity index (χ4n) is 3.55. The smallest absolute Gasteiger partial charge is 0.322 e. The average molecular weight is 393 g/mol. The number of carboxylic acids is 1. The molecule has 0 saturated heterocycles. The van der Waals surface area contributed by atoms with E-state index in [4.69, 9.17) is 0 Å². The number of fused-ring (bicyclic) bond motifs is 1. The molecule has 0 aliphatic carbocycles. The molecule has 1 N–H and O–H groups in total. The van der Waals surface area contributed by atoms with Crippen LogP contribution >= 0.6 is 0 Å². The van der Waals surface area contributed by atoms with Crippen LogP contribution < -0.4 is 0 Å². The maximum absolute atomic E-state index is 13.2. The number of sulfonamides is 1. The lowest BCUT2D eigenvalue weighted by Crippen LogP contribution is -2.48. The van der Waals surface area contributed by atoms with Crippen LogP contribution in [0.3, 0.4) is 0 Å². The van der Waals surface area contributed by atoms with Gasteiger partial charge in [-0.15, -0.1) is 0 Å². The lowest BCUT2D eigenvalue weighted by atomic mass is 9.96. The molecule has 0 fully saturated rings. The summed E-state index contributed by atoms with van der Waals surface area (Å²) < 4.78 is 27.5. The highest BCUT2D eigenvalue weighted by Crippen LogP contribution is 2.30. The minimum Gasteiger partial charge on any atom is -0.480 e. The van der Waals surface area contributed by atoms with Crippen molar-refractivity contribution in [2.24, 2.45) is 0 Å². The summed E-state index contributed by atoms with van der Waals surface area (Å²) >= 11 is 0. The molecule has 3 aromatic rings. The topological polar surface area (TPSA) is 74.7 Å². The van der Waals surface area contributed by atoms with Gasteiger partial charge in [-0.1, -0.05) is 66.7 Å². The van der Waals surface area contributed by atoms with E-state index in [2.05, 4.69) is 0 Å². The van der Waals surface area contributed by atoms with Crippen LogP contribution in [0.5, 0.6) is 0 Å². The second kappa shape index (κ2) is 7.22. The molecule has 1 atom stereocenters. The van der Waals surface area contributed by atoms with Crippen molar-refractivity contribution >= 4 is 16.0 Å². The first-order valence-electron chi connectivity index (χ1n) is 8.94. The number of hydrogen-bond acceptors (Lipinski definition) is 3. The molecular weight excluding hydrogens is 374 g/mol.